The zero-order chi connectivity index (χ0) is 19.2. The average molecular weight is 404 g/mol. The summed E-state index contributed by atoms with van der Waals surface area (Å²) in [7, 11) is 0. The molecule has 0 radical (unpaired) electrons. The molecule has 0 aliphatic carbocycles. The van der Waals surface area contributed by atoms with Gasteiger partial charge in [-0.2, -0.15) is 13.2 Å². The Labute approximate surface area is 156 Å². The molecule has 1 amide bonds. The minimum absolute atomic E-state index is 0.0476. The highest BCUT2D eigenvalue weighted by molar-refractivity contribution is 8.00. The highest BCUT2D eigenvalue weighted by Crippen LogP contribution is 2.34. The zero-order valence-corrected chi connectivity index (χ0v) is 14.8. The summed E-state index contributed by atoms with van der Waals surface area (Å²) in [6.45, 7) is -0.674. The van der Waals surface area contributed by atoms with Gasteiger partial charge in [0.2, 0.25) is 0 Å². The quantitative estimate of drug-likeness (QED) is 0.564. The third-order valence-corrected chi connectivity index (χ3v) is 4.28. The molecule has 0 saturated carbocycles. The van der Waals surface area contributed by atoms with Gasteiger partial charge in [0.25, 0.3) is 5.91 Å². The summed E-state index contributed by atoms with van der Waals surface area (Å²) < 4.78 is 43.3. The van der Waals surface area contributed by atoms with Gasteiger partial charge in [0.05, 0.1) is 17.0 Å². The van der Waals surface area contributed by atoms with Crippen LogP contribution in [0.4, 0.5) is 18.9 Å². The van der Waals surface area contributed by atoms with E-state index in [1.807, 2.05) is 0 Å². The van der Waals surface area contributed by atoms with Crippen LogP contribution in [-0.4, -0.2) is 24.2 Å². The fraction of sp³-hybridized carbons (Fsp3) is 0.176. The van der Waals surface area contributed by atoms with Crippen molar-refractivity contribution in [1.82, 2.24) is 0 Å². The van der Waals surface area contributed by atoms with Crippen LogP contribution >= 0.6 is 23.4 Å². The number of benzene rings is 2. The zero-order valence-electron chi connectivity index (χ0n) is 13.2. The molecular formula is C17H13ClF3NO3S. The molecule has 0 fully saturated rings. The third kappa shape index (κ3) is 6.27. The molecule has 0 aromatic heterocycles. The second-order valence-corrected chi connectivity index (χ2v) is 6.48. The van der Waals surface area contributed by atoms with E-state index in [2.05, 4.69) is 5.32 Å². The van der Waals surface area contributed by atoms with Crippen molar-refractivity contribution in [2.24, 2.45) is 0 Å². The van der Waals surface area contributed by atoms with Gasteiger partial charge in [-0.25, -0.2) is 0 Å². The standard InChI is InChI=1S/C17H13ClF3NO3S/c18-11-5-7-12(8-6-11)26-10-16(24)25-9-15(23)22-14-4-2-1-3-13(14)17(19,20)21/h1-8H,9-10H2,(H,22,23). The fourth-order valence-electron chi connectivity index (χ4n) is 1.89. The highest BCUT2D eigenvalue weighted by Gasteiger charge is 2.33. The van der Waals surface area contributed by atoms with E-state index in [1.165, 1.54) is 23.9 Å². The third-order valence-electron chi connectivity index (χ3n) is 3.04. The van der Waals surface area contributed by atoms with Crippen molar-refractivity contribution in [2.45, 2.75) is 11.1 Å². The molecule has 138 valence electrons. The summed E-state index contributed by atoms with van der Waals surface area (Å²) in [6.07, 6.45) is -4.60. The Morgan fingerprint density at radius 2 is 1.73 bits per heavy atom. The molecule has 4 nitrogen and oxygen atoms in total. The summed E-state index contributed by atoms with van der Waals surface area (Å²) in [5, 5.41) is 2.66. The van der Waals surface area contributed by atoms with Gasteiger partial charge < -0.3 is 10.1 Å². The predicted octanol–water partition coefficient (Wildman–Crippen LogP) is 4.63. The molecule has 0 saturated heterocycles. The normalized spacial score (nSPS) is 11.1. The van der Waals surface area contributed by atoms with Gasteiger partial charge in [0.1, 0.15) is 0 Å². The number of ether oxygens (including phenoxy) is 1. The number of carbonyl (C=O) groups excluding carboxylic acids is 2. The van der Waals surface area contributed by atoms with Gasteiger partial charge in [0, 0.05) is 9.92 Å². The lowest BCUT2D eigenvalue weighted by molar-refractivity contribution is -0.144. The van der Waals surface area contributed by atoms with E-state index in [4.69, 9.17) is 16.3 Å². The first-order chi connectivity index (χ1) is 12.3. The SMILES string of the molecule is O=C(COC(=O)CSc1ccc(Cl)cc1)Nc1ccccc1C(F)(F)F. The van der Waals surface area contributed by atoms with Crippen molar-refractivity contribution in [2.75, 3.05) is 17.7 Å². The number of hydrogen-bond donors (Lipinski definition) is 1. The Kier molecular flexibility index (Phi) is 6.93. The first-order valence-corrected chi connectivity index (χ1v) is 8.62. The van der Waals surface area contributed by atoms with Crippen LogP contribution in [0, 0.1) is 0 Å². The maximum absolute atomic E-state index is 12.9. The number of hydrogen-bond acceptors (Lipinski definition) is 4. The van der Waals surface area contributed by atoms with Crippen LogP contribution in [0.3, 0.4) is 0 Å². The molecule has 1 N–H and O–H groups in total. The number of thioether (sulfide) groups is 1. The maximum atomic E-state index is 12.9. The smallest absolute Gasteiger partial charge is 0.418 e. The summed E-state index contributed by atoms with van der Waals surface area (Å²) in [5.74, 6) is -1.57. The molecule has 0 atom stereocenters. The number of rotatable bonds is 6. The molecule has 0 heterocycles. The van der Waals surface area contributed by atoms with E-state index in [-0.39, 0.29) is 5.75 Å². The molecule has 0 aliphatic heterocycles. The van der Waals surface area contributed by atoms with Crippen molar-refractivity contribution in [3.8, 4) is 0 Å². The van der Waals surface area contributed by atoms with Crippen molar-refractivity contribution < 1.29 is 27.5 Å². The maximum Gasteiger partial charge on any atom is 0.418 e. The Morgan fingerprint density at radius 1 is 1.08 bits per heavy atom. The molecule has 2 aromatic rings. The van der Waals surface area contributed by atoms with Crippen LogP contribution in [0.25, 0.3) is 0 Å². The molecule has 26 heavy (non-hydrogen) atoms. The first-order valence-electron chi connectivity index (χ1n) is 7.26. The van der Waals surface area contributed by atoms with E-state index in [0.717, 1.165) is 17.0 Å². The Hall–Kier alpha value is -2.19. The Morgan fingerprint density at radius 3 is 2.38 bits per heavy atom. The minimum Gasteiger partial charge on any atom is -0.455 e. The molecule has 0 unspecified atom stereocenters. The van der Waals surface area contributed by atoms with Crippen molar-refractivity contribution in [3.63, 3.8) is 0 Å². The van der Waals surface area contributed by atoms with Crippen LogP contribution in [-0.2, 0) is 20.5 Å². The number of para-hydroxylation sites is 1. The number of amides is 1. The lowest BCUT2D eigenvalue weighted by Gasteiger charge is -2.13. The molecule has 0 bridgehead atoms. The number of alkyl halides is 3. The number of carbonyl (C=O) groups is 2. The number of esters is 1. The molecule has 0 spiro atoms. The highest BCUT2D eigenvalue weighted by atomic mass is 35.5. The van der Waals surface area contributed by atoms with E-state index in [9.17, 15) is 22.8 Å². The predicted molar refractivity (Wildman–Crippen MR) is 93.2 cm³/mol. The van der Waals surface area contributed by atoms with Gasteiger partial charge in [0.15, 0.2) is 6.61 Å². The van der Waals surface area contributed by atoms with Gasteiger partial charge in [-0.3, -0.25) is 9.59 Å². The van der Waals surface area contributed by atoms with Crippen LogP contribution < -0.4 is 5.32 Å². The average Bonchev–Trinajstić information content (AvgIpc) is 2.59. The van der Waals surface area contributed by atoms with Crippen molar-refractivity contribution in [3.05, 3.63) is 59.1 Å². The summed E-state index contributed by atoms with van der Waals surface area (Å²) in [4.78, 5) is 24.2. The van der Waals surface area contributed by atoms with Crippen LogP contribution in [0.15, 0.2) is 53.4 Å². The molecule has 9 heteroatoms. The van der Waals surface area contributed by atoms with Crippen LogP contribution in [0.5, 0.6) is 0 Å². The summed E-state index contributed by atoms with van der Waals surface area (Å²) >= 11 is 6.93. The topological polar surface area (TPSA) is 55.4 Å². The summed E-state index contributed by atoms with van der Waals surface area (Å²) in [6, 6.07) is 11.3. The molecular weight excluding hydrogens is 391 g/mol. The summed E-state index contributed by atoms with van der Waals surface area (Å²) in [5.41, 5.74) is -1.37. The fourth-order valence-corrected chi connectivity index (χ4v) is 2.71. The monoisotopic (exact) mass is 403 g/mol. The van der Waals surface area contributed by atoms with Crippen LogP contribution in [0.1, 0.15) is 5.56 Å². The van der Waals surface area contributed by atoms with Crippen molar-refractivity contribution in [1.29, 1.82) is 0 Å². The minimum atomic E-state index is -4.60. The van der Waals surface area contributed by atoms with Gasteiger partial charge in [-0.1, -0.05) is 23.7 Å². The lowest BCUT2D eigenvalue weighted by Crippen LogP contribution is -2.23. The van der Waals surface area contributed by atoms with E-state index in [0.29, 0.717) is 5.02 Å². The Bertz CT molecular complexity index is 782. The molecule has 0 aliphatic rings. The van der Waals surface area contributed by atoms with Crippen molar-refractivity contribution >= 4 is 40.9 Å². The van der Waals surface area contributed by atoms with Gasteiger partial charge >= 0.3 is 12.1 Å². The number of nitrogens with one attached hydrogen (secondary N) is 1. The van der Waals surface area contributed by atoms with E-state index in [1.54, 1.807) is 24.3 Å². The van der Waals surface area contributed by atoms with E-state index < -0.39 is 35.9 Å². The Balaban J connectivity index is 1.82. The molecule has 2 aromatic carbocycles. The lowest BCUT2D eigenvalue weighted by atomic mass is 10.1. The first kappa shape index (κ1) is 20.1. The largest absolute Gasteiger partial charge is 0.455 e. The number of anilines is 1. The van der Waals surface area contributed by atoms with Crippen LogP contribution in [0.2, 0.25) is 5.02 Å². The second kappa shape index (κ2) is 8.95. The number of halogens is 4. The second-order valence-electron chi connectivity index (χ2n) is 4.99. The van der Waals surface area contributed by atoms with Gasteiger partial charge in [-0.15, -0.1) is 11.8 Å². The van der Waals surface area contributed by atoms with Gasteiger partial charge in [-0.05, 0) is 36.4 Å². The van der Waals surface area contributed by atoms with E-state index >= 15 is 0 Å². The molecule has 2 rings (SSSR count).